The van der Waals surface area contributed by atoms with Gasteiger partial charge in [0.05, 0.1) is 24.2 Å². The third-order valence-corrected chi connectivity index (χ3v) is 4.65. The smallest absolute Gasteiger partial charge is 0.264 e. The molecule has 4 rings (SSSR count). The molecule has 2 heterocycles. The number of carbonyl (C=O) groups is 1. The van der Waals surface area contributed by atoms with E-state index in [1.807, 2.05) is 54.6 Å². The number of aromatic nitrogens is 2. The van der Waals surface area contributed by atoms with E-state index < -0.39 is 0 Å². The topological polar surface area (TPSA) is 91.2 Å². The van der Waals surface area contributed by atoms with Crippen molar-refractivity contribution in [3.05, 3.63) is 65.5 Å². The Balaban J connectivity index is 1.40. The molecule has 0 atom stereocenters. The second-order valence-electron chi connectivity index (χ2n) is 6.63. The van der Waals surface area contributed by atoms with Crippen molar-refractivity contribution in [3.8, 4) is 11.8 Å². The summed E-state index contributed by atoms with van der Waals surface area (Å²) in [7, 11) is 0. The Labute approximate surface area is 168 Å². The molecule has 0 radical (unpaired) electrons. The maximum Gasteiger partial charge on any atom is 0.264 e. The number of nitriles is 1. The number of hydrogen-bond acceptors (Lipinski definition) is 5. The van der Waals surface area contributed by atoms with Gasteiger partial charge in [0.1, 0.15) is 29.8 Å². The van der Waals surface area contributed by atoms with Crippen molar-refractivity contribution in [2.24, 2.45) is 0 Å². The maximum absolute atomic E-state index is 12.5. The average molecular weight is 388 g/mol. The lowest BCUT2D eigenvalue weighted by atomic mass is 10.1. The van der Waals surface area contributed by atoms with Gasteiger partial charge in [0.25, 0.3) is 5.91 Å². The van der Waals surface area contributed by atoms with Gasteiger partial charge in [-0.05, 0) is 35.9 Å². The van der Waals surface area contributed by atoms with Crippen LogP contribution in [0.25, 0.3) is 17.1 Å². The van der Waals surface area contributed by atoms with Crippen molar-refractivity contribution in [1.29, 1.82) is 5.26 Å². The molecule has 1 amide bonds. The first-order valence-corrected chi connectivity index (χ1v) is 9.38. The first kappa shape index (κ1) is 18.7. The van der Waals surface area contributed by atoms with Crippen LogP contribution in [-0.2, 0) is 16.1 Å². The minimum Gasteiger partial charge on any atom is -0.486 e. The van der Waals surface area contributed by atoms with E-state index in [-0.39, 0.29) is 11.5 Å². The zero-order valence-electron chi connectivity index (χ0n) is 15.8. The molecule has 0 spiro atoms. The number of ether oxygens (including phenoxy) is 2. The summed E-state index contributed by atoms with van der Waals surface area (Å²) >= 11 is 0. The highest BCUT2D eigenvalue weighted by atomic mass is 16.5. The summed E-state index contributed by atoms with van der Waals surface area (Å²) in [6.07, 6.45) is 1.60. The third kappa shape index (κ3) is 4.45. The molecule has 2 aromatic carbocycles. The molecule has 1 fully saturated rings. The average Bonchev–Trinajstić information content (AvgIpc) is 3.20. The van der Waals surface area contributed by atoms with Gasteiger partial charge in [0, 0.05) is 13.1 Å². The second-order valence-corrected chi connectivity index (χ2v) is 6.63. The zero-order chi connectivity index (χ0) is 20.1. The predicted octanol–water partition coefficient (Wildman–Crippen LogP) is 2.91. The molecule has 1 aliphatic heterocycles. The Morgan fingerprint density at radius 3 is 2.69 bits per heavy atom. The van der Waals surface area contributed by atoms with Gasteiger partial charge in [-0.1, -0.05) is 24.3 Å². The van der Waals surface area contributed by atoms with E-state index >= 15 is 0 Å². The van der Waals surface area contributed by atoms with Crippen LogP contribution >= 0.6 is 0 Å². The summed E-state index contributed by atoms with van der Waals surface area (Å²) in [5, 5.41) is 9.38. The van der Waals surface area contributed by atoms with E-state index in [1.165, 1.54) is 0 Å². The number of nitrogens with zero attached hydrogens (tertiary/aromatic N) is 3. The summed E-state index contributed by atoms with van der Waals surface area (Å²) in [5.74, 6) is 1.17. The molecule has 146 valence electrons. The molecule has 7 heteroatoms. The van der Waals surface area contributed by atoms with Gasteiger partial charge >= 0.3 is 0 Å². The Morgan fingerprint density at radius 1 is 1.21 bits per heavy atom. The van der Waals surface area contributed by atoms with E-state index in [2.05, 4.69) is 9.97 Å². The third-order valence-electron chi connectivity index (χ3n) is 4.65. The van der Waals surface area contributed by atoms with Crippen molar-refractivity contribution >= 4 is 23.0 Å². The second kappa shape index (κ2) is 8.59. The summed E-state index contributed by atoms with van der Waals surface area (Å²) in [6.45, 7) is 2.34. The van der Waals surface area contributed by atoms with E-state index in [9.17, 15) is 10.1 Å². The molecular formula is C22H20N4O3. The number of rotatable bonds is 5. The number of fused-ring (bicyclic) bond motifs is 1. The molecule has 7 nitrogen and oxygen atoms in total. The number of hydrogen-bond donors (Lipinski definition) is 1. The fourth-order valence-corrected chi connectivity index (χ4v) is 3.13. The van der Waals surface area contributed by atoms with E-state index in [0.717, 1.165) is 22.4 Å². The highest BCUT2D eigenvalue weighted by molar-refractivity contribution is 6.01. The Hall–Kier alpha value is -3.63. The van der Waals surface area contributed by atoms with Crippen LogP contribution in [0.3, 0.4) is 0 Å². The molecular weight excluding hydrogens is 368 g/mol. The van der Waals surface area contributed by atoms with Gasteiger partial charge in [0.15, 0.2) is 0 Å². The highest BCUT2D eigenvalue weighted by Gasteiger charge is 2.20. The molecule has 1 aliphatic rings. The summed E-state index contributed by atoms with van der Waals surface area (Å²) < 4.78 is 11.0. The number of carbonyl (C=O) groups excluding carboxylic acids is 1. The predicted molar refractivity (Wildman–Crippen MR) is 108 cm³/mol. The van der Waals surface area contributed by atoms with Crippen molar-refractivity contribution in [3.63, 3.8) is 0 Å². The fourth-order valence-electron chi connectivity index (χ4n) is 3.13. The van der Waals surface area contributed by atoms with Crippen molar-refractivity contribution in [2.75, 3.05) is 26.3 Å². The van der Waals surface area contributed by atoms with Gasteiger partial charge in [0.2, 0.25) is 0 Å². The molecule has 3 aromatic rings. The molecule has 1 saturated heterocycles. The first-order chi connectivity index (χ1) is 14.2. The van der Waals surface area contributed by atoms with Crippen LogP contribution in [0.4, 0.5) is 0 Å². The van der Waals surface area contributed by atoms with Gasteiger partial charge in [-0.3, -0.25) is 4.79 Å². The quantitative estimate of drug-likeness (QED) is 0.536. The number of nitrogens with one attached hydrogen (secondary N) is 1. The molecule has 0 unspecified atom stereocenters. The van der Waals surface area contributed by atoms with Gasteiger partial charge in [-0.15, -0.1) is 0 Å². The SMILES string of the molecule is N#C/C(=C\c1ccc(OCc2nc3ccccc3[nH]2)cc1)C(=O)N1CCOCC1. The number of morpholine rings is 1. The molecule has 1 aromatic heterocycles. The number of benzene rings is 2. The van der Waals surface area contributed by atoms with Gasteiger partial charge in [-0.25, -0.2) is 4.98 Å². The van der Waals surface area contributed by atoms with Crippen LogP contribution < -0.4 is 4.74 Å². The number of para-hydroxylation sites is 2. The normalized spacial score (nSPS) is 14.6. The van der Waals surface area contributed by atoms with Crippen molar-refractivity contribution in [2.45, 2.75) is 6.61 Å². The van der Waals surface area contributed by atoms with Crippen LogP contribution in [0.5, 0.6) is 5.75 Å². The van der Waals surface area contributed by atoms with E-state index in [4.69, 9.17) is 9.47 Å². The largest absolute Gasteiger partial charge is 0.486 e. The molecule has 0 saturated carbocycles. The van der Waals surface area contributed by atoms with Crippen molar-refractivity contribution < 1.29 is 14.3 Å². The van der Waals surface area contributed by atoms with Crippen LogP contribution in [-0.4, -0.2) is 47.1 Å². The molecule has 29 heavy (non-hydrogen) atoms. The lowest BCUT2D eigenvalue weighted by Crippen LogP contribution is -2.41. The summed E-state index contributed by atoms with van der Waals surface area (Å²) in [4.78, 5) is 21.8. The number of amides is 1. The van der Waals surface area contributed by atoms with Crippen LogP contribution in [0.1, 0.15) is 11.4 Å². The lowest BCUT2D eigenvalue weighted by Gasteiger charge is -2.26. The van der Waals surface area contributed by atoms with Gasteiger partial charge < -0.3 is 19.4 Å². The zero-order valence-corrected chi connectivity index (χ0v) is 15.8. The molecule has 0 bridgehead atoms. The summed E-state index contributed by atoms with van der Waals surface area (Å²) in [5.41, 5.74) is 2.75. The summed E-state index contributed by atoms with van der Waals surface area (Å²) in [6, 6.07) is 17.1. The fraction of sp³-hybridized carbons (Fsp3) is 0.227. The molecule has 0 aliphatic carbocycles. The van der Waals surface area contributed by atoms with Crippen molar-refractivity contribution in [1.82, 2.24) is 14.9 Å². The number of H-pyrrole nitrogens is 1. The Kier molecular flexibility index (Phi) is 5.54. The minimum atomic E-state index is -0.263. The van der Waals surface area contributed by atoms with Crippen LogP contribution in [0.15, 0.2) is 54.1 Å². The van der Waals surface area contributed by atoms with Crippen LogP contribution in [0, 0.1) is 11.3 Å². The van der Waals surface area contributed by atoms with E-state index in [0.29, 0.717) is 38.7 Å². The monoisotopic (exact) mass is 388 g/mol. The van der Waals surface area contributed by atoms with Gasteiger partial charge in [-0.2, -0.15) is 5.26 Å². The standard InChI is InChI=1S/C22H20N4O3/c23-14-17(22(27)26-9-11-28-12-10-26)13-16-5-7-18(8-6-16)29-15-21-24-19-3-1-2-4-20(19)25-21/h1-8,13H,9-12,15H2,(H,24,25)/b17-13+. The highest BCUT2D eigenvalue weighted by Crippen LogP contribution is 2.18. The lowest BCUT2D eigenvalue weighted by molar-refractivity contribution is -0.130. The molecule has 1 N–H and O–H groups in total. The van der Waals surface area contributed by atoms with Crippen LogP contribution in [0.2, 0.25) is 0 Å². The Bertz CT molecular complexity index is 1040. The number of imidazole rings is 1. The minimum absolute atomic E-state index is 0.114. The van der Waals surface area contributed by atoms with E-state index in [1.54, 1.807) is 11.0 Å². The maximum atomic E-state index is 12.5. The first-order valence-electron chi connectivity index (χ1n) is 9.38. The number of aromatic amines is 1. The Morgan fingerprint density at radius 2 is 1.97 bits per heavy atom.